The molecule has 2 bridgehead atoms. The third-order valence-electron chi connectivity index (χ3n) is 9.62. The molecule has 0 amide bonds. The first-order chi connectivity index (χ1) is 18.7. The number of pyridine rings is 1. The maximum absolute atomic E-state index is 6.47. The SMILES string of the molecule is C=C[C@H]1C[N+]2(Cc3c4ccccc4cc4ccccc34)CC[C@H]1C[C@@H]2[C@H](OC)c1ccnc2ccccc12.[I-]. The van der Waals surface area contributed by atoms with Crippen molar-refractivity contribution in [1.29, 1.82) is 0 Å². The molecule has 0 aliphatic carbocycles. The monoisotopic (exact) mass is 626 g/mol. The number of nitrogens with zero attached hydrogens (tertiary/aromatic N) is 2. The Hall–Kier alpha value is -2.80. The average Bonchev–Trinajstić information content (AvgIpc) is 2.98. The van der Waals surface area contributed by atoms with Gasteiger partial charge in [0, 0.05) is 43.0 Å². The van der Waals surface area contributed by atoms with Crippen molar-refractivity contribution in [2.24, 2.45) is 11.8 Å². The number of quaternary nitrogens is 1. The molecule has 0 spiro atoms. The Morgan fingerprint density at radius 2 is 1.62 bits per heavy atom. The summed E-state index contributed by atoms with van der Waals surface area (Å²) in [5.74, 6) is 1.22. The molecular weight excluding hydrogens is 591 g/mol. The number of methoxy groups -OCH3 is 1. The molecule has 5 aromatic rings. The molecule has 8 rings (SSSR count). The van der Waals surface area contributed by atoms with Crippen LogP contribution < -0.4 is 24.0 Å². The molecule has 1 unspecified atom stereocenters. The molecule has 3 aliphatic heterocycles. The van der Waals surface area contributed by atoms with Gasteiger partial charge in [-0.25, -0.2) is 0 Å². The Kier molecular flexibility index (Phi) is 7.21. The first-order valence-corrected chi connectivity index (χ1v) is 13.9. The molecule has 3 fully saturated rings. The van der Waals surface area contributed by atoms with Crippen LogP contribution in [0, 0.1) is 11.8 Å². The number of piperidine rings is 3. The molecule has 4 aromatic carbocycles. The number of ether oxygens (including phenoxy) is 1. The van der Waals surface area contributed by atoms with Gasteiger partial charge in [0.15, 0.2) is 0 Å². The molecule has 3 nitrogen and oxygen atoms in total. The van der Waals surface area contributed by atoms with Gasteiger partial charge in [0.05, 0.1) is 18.6 Å². The fourth-order valence-electron chi connectivity index (χ4n) is 7.81. The Morgan fingerprint density at radius 1 is 0.949 bits per heavy atom. The van der Waals surface area contributed by atoms with Crippen LogP contribution in [0.5, 0.6) is 0 Å². The second-order valence-electron chi connectivity index (χ2n) is 11.4. The largest absolute Gasteiger partial charge is 1.00 e. The summed E-state index contributed by atoms with van der Waals surface area (Å²) in [6, 6.07) is 31.3. The van der Waals surface area contributed by atoms with Crippen LogP contribution in [-0.4, -0.2) is 35.7 Å². The molecule has 0 N–H and O–H groups in total. The summed E-state index contributed by atoms with van der Waals surface area (Å²) in [7, 11) is 1.90. The van der Waals surface area contributed by atoms with Crippen LogP contribution in [0.3, 0.4) is 0 Å². The number of hydrogen-bond donors (Lipinski definition) is 0. The first kappa shape index (κ1) is 26.4. The smallest absolute Gasteiger partial charge is 0.135 e. The molecular formula is C35H35IN2O. The lowest BCUT2D eigenvalue weighted by Gasteiger charge is -2.58. The molecule has 198 valence electrons. The van der Waals surface area contributed by atoms with Gasteiger partial charge in [-0.05, 0) is 51.2 Å². The lowest BCUT2D eigenvalue weighted by atomic mass is 9.71. The van der Waals surface area contributed by atoms with Crippen LogP contribution >= 0.6 is 0 Å². The number of halogens is 1. The van der Waals surface area contributed by atoms with E-state index < -0.39 is 0 Å². The number of hydrogen-bond acceptors (Lipinski definition) is 2. The minimum atomic E-state index is 0. The summed E-state index contributed by atoms with van der Waals surface area (Å²) < 4.78 is 7.52. The molecule has 5 atom stereocenters. The molecule has 3 saturated heterocycles. The average molecular weight is 627 g/mol. The predicted molar refractivity (Wildman–Crippen MR) is 157 cm³/mol. The normalized spacial score (nSPS) is 25.0. The van der Waals surface area contributed by atoms with E-state index >= 15 is 0 Å². The fourth-order valence-corrected chi connectivity index (χ4v) is 7.81. The molecule has 0 saturated carbocycles. The van der Waals surface area contributed by atoms with Gasteiger partial charge in [-0.2, -0.15) is 0 Å². The molecule has 0 radical (unpaired) electrons. The summed E-state index contributed by atoms with van der Waals surface area (Å²) in [4.78, 5) is 4.66. The summed E-state index contributed by atoms with van der Waals surface area (Å²) in [5, 5.41) is 6.61. The van der Waals surface area contributed by atoms with Crippen LogP contribution in [0.15, 0.2) is 104 Å². The zero-order chi connectivity index (χ0) is 25.7. The number of fused-ring (bicyclic) bond motifs is 6. The maximum Gasteiger partial charge on any atom is 0.135 e. The van der Waals surface area contributed by atoms with Gasteiger partial charge in [0.2, 0.25) is 0 Å². The fraction of sp³-hybridized carbons (Fsp3) is 0.286. The number of aromatic nitrogens is 1. The van der Waals surface area contributed by atoms with Gasteiger partial charge >= 0.3 is 0 Å². The quantitative estimate of drug-likeness (QED) is 0.117. The van der Waals surface area contributed by atoms with Crippen LogP contribution in [0.1, 0.15) is 30.1 Å². The lowest BCUT2D eigenvalue weighted by Crippen LogP contribution is -3.00. The number of rotatable bonds is 6. The van der Waals surface area contributed by atoms with Crippen molar-refractivity contribution in [3.8, 4) is 0 Å². The molecule has 3 aliphatic rings. The van der Waals surface area contributed by atoms with Crippen molar-refractivity contribution in [1.82, 2.24) is 4.98 Å². The van der Waals surface area contributed by atoms with Crippen LogP contribution in [0.2, 0.25) is 0 Å². The highest BCUT2D eigenvalue weighted by Gasteiger charge is 2.54. The third-order valence-corrected chi connectivity index (χ3v) is 9.62. The van der Waals surface area contributed by atoms with E-state index in [1.165, 1.54) is 51.0 Å². The van der Waals surface area contributed by atoms with E-state index in [4.69, 9.17) is 4.74 Å². The van der Waals surface area contributed by atoms with Gasteiger partial charge in [-0.3, -0.25) is 4.98 Å². The van der Waals surface area contributed by atoms with Crippen LogP contribution in [-0.2, 0) is 11.3 Å². The minimum absolute atomic E-state index is 0. The summed E-state index contributed by atoms with van der Waals surface area (Å²) in [5.41, 5.74) is 3.78. The van der Waals surface area contributed by atoms with Gasteiger partial charge in [-0.15, -0.1) is 6.58 Å². The predicted octanol–water partition coefficient (Wildman–Crippen LogP) is 4.84. The van der Waals surface area contributed by atoms with Crippen molar-refractivity contribution in [3.05, 3.63) is 115 Å². The maximum atomic E-state index is 6.47. The molecule has 4 heteroatoms. The van der Waals surface area contributed by atoms with Gasteiger partial charge in [0.25, 0.3) is 0 Å². The van der Waals surface area contributed by atoms with E-state index in [1.54, 1.807) is 0 Å². The standard InChI is InChI=1S/C35H35N2O.HI/c1-3-24-22-37(23-32-28-12-6-4-10-26(28)20-27-11-5-7-13-29(27)32)19-17-25(24)21-34(37)35(38-2)31-16-18-36-33-15-9-8-14-30(31)33;/h3-16,18,20,24-25,34-35H,1,17,19,21-23H2,2H3;1H/q+1;/p-1/t24-,25-,34+,35+,37?;/m0./s1. The minimum Gasteiger partial charge on any atom is -1.00 e. The van der Waals surface area contributed by atoms with Gasteiger partial charge in [-0.1, -0.05) is 72.8 Å². The molecule has 1 aromatic heterocycles. The van der Waals surface area contributed by atoms with E-state index in [0.717, 1.165) is 29.5 Å². The Balaban J connectivity index is 0.00000277. The van der Waals surface area contributed by atoms with E-state index in [0.29, 0.717) is 17.9 Å². The Labute approximate surface area is 248 Å². The highest BCUT2D eigenvalue weighted by atomic mass is 127. The van der Waals surface area contributed by atoms with Crippen LogP contribution in [0.25, 0.3) is 32.4 Å². The van der Waals surface area contributed by atoms with E-state index in [1.807, 2.05) is 13.3 Å². The number of para-hydroxylation sites is 1. The zero-order valence-corrected chi connectivity index (χ0v) is 24.6. The second-order valence-corrected chi connectivity index (χ2v) is 11.4. The van der Waals surface area contributed by atoms with E-state index in [9.17, 15) is 0 Å². The van der Waals surface area contributed by atoms with E-state index in [-0.39, 0.29) is 30.1 Å². The van der Waals surface area contributed by atoms with Crippen molar-refractivity contribution in [2.45, 2.75) is 31.5 Å². The highest BCUT2D eigenvalue weighted by molar-refractivity contribution is 6.02. The van der Waals surface area contributed by atoms with Crippen LogP contribution in [0.4, 0.5) is 0 Å². The van der Waals surface area contributed by atoms with Crippen molar-refractivity contribution >= 4 is 32.4 Å². The van der Waals surface area contributed by atoms with Gasteiger partial charge in [0.1, 0.15) is 18.7 Å². The summed E-state index contributed by atoms with van der Waals surface area (Å²) in [6.45, 7) is 7.59. The summed E-state index contributed by atoms with van der Waals surface area (Å²) >= 11 is 0. The first-order valence-electron chi connectivity index (χ1n) is 13.9. The van der Waals surface area contributed by atoms with Gasteiger partial charge < -0.3 is 33.2 Å². The summed E-state index contributed by atoms with van der Waals surface area (Å²) in [6.07, 6.45) is 6.61. The molecule has 4 heterocycles. The van der Waals surface area contributed by atoms with Crippen molar-refractivity contribution < 1.29 is 33.2 Å². The highest BCUT2D eigenvalue weighted by Crippen LogP contribution is 2.49. The molecule has 39 heavy (non-hydrogen) atoms. The zero-order valence-electron chi connectivity index (χ0n) is 22.5. The lowest BCUT2D eigenvalue weighted by molar-refractivity contribution is -0.984. The van der Waals surface area contributed by atoms with E-state index in [2.05, 4.69) is 103 Å². The Bertz CT molecular complexity index is 1610. The second kappa shape index (κ2) is 10.6. The van der Waals surface area contributed by atoms with Crippen molar-refractivity contribution in [3.63, 3.8) is 0 Å². The topological polar surface area (TPSA) is 22.1 Å². The number of benzene rings is 4. The Morgan fingerprint density at radius 3 is 2.31 bits per heavy atom. The third kappa shape index (κ3) is 4.37. The van der Waals surface area contributed by atoms with Crippen molar-refractivity contribution in [2.75, 3.05) is 20.2 Å².